The molecular weight excluding hydrogens is 968 g/mol. The van der Waals surface area contributed by atoms with Crippen molar-refractivity contribution in [2.75, 3.05) is 0 Å². The molecule has 0 bridgehead atoms. The number of hydrogen-bond acceptors (Lipinski definition) is 6. The topological polar surface area (TPSA) is 175 Å². The first-order valence-corrected chi connectivity index (χ1v) is 27.5. The third-order valence-electron chi connectivity index (χ3n) is 4.53. The average Bonchev–Trinajstić information content (AvgIpc) is 3.68. The van der Waals surface area contributed by atoms with Crippen LogP contribution in [0.5, 0.6) is 0 Å². The number of carbonyl (C=O) groups is 6. The van der Waals surface area contributed by atoms with Gasteiger partial charge in [0, 0.05) is 0 Å². The molecule has 0 aromatic rings. The molecule has 0 unspecified atom stereocenters. The third-order valence-corrected chi connectivity index (χ3v) is 25.1. The van der Waals surface area contributed by atoms with Gasteiger partial charge in [-0.3, -0.25) is 0 Å². The van der Waals surface area contributed by atoms with Crippen molar-refractivity contribution >= 4 is 38.5 Å². The van der Waals surface area contributed by atoms with Gasteiger partial charge in [0.25, 0.3) is 0 Å². The van der Waals surface area contributed by atoms with Gasteiger partial charge in [0.15, 0.2) is 0 Å². The van der Waals surface area contributed by atoms with Crippen molar-refractivity contribution in [2.24, 2.45) is 0 Å². The fraction of sp³-hybridized carbons (Fsp3) is 0.143. The van der Waals surface area contributed by atoms with E-state index in [0.29, 0.717) is 38.5 Å². The van der Waals surface area contributed by atoms with Crippen LogP contribution in [0.2, 0.25) is 11.0 Å². The molecule has 0 saturated carbocycles. The van der Waals surface area contributed by atoms with Gasteiger partial charge in [0.2, 0.25) is 0 Å². The zero-order chi connectivity index (χ0) is 26.4. The summed E-state index contributed by atoms with van der Waals surface area (Å²) in [5, 5.41) is 0. The number of nitrogens with one attached hydrogen (secondary N) is 6. The molecule has 36 heavy (non-hydrogen) atoms. The van der Waals surface area contributed by atoms with Crippen LogP contribution in [-0.2, 0) is 94.8 Å². The molecule has 12 nitrogen and oxygen atoms in total. The van der Waals surface area contributed by atoms with Gasteiger partial charge in [0.05, 0.1) is 0 Å². The predicted octanol–water partition coefficient (Wildman–Crippen LogP) is -0.477. The fourth-order valence-electron chi connectivity index (χ4n) is 2.96. The summed E-state index contributed by atoms with van der Waals surface area (Å²) < 4.78 is 17.1. The molecule has 0 saturated heterocycles. The summed E-state index contributed by atoms with van der Waals surface area (Å²) in [5.74, 6) is 0. The minimum absolute atomic E-state index is 0.269. The number of carbonyl (C=O) groups excluding carboxylic acids is 6. The summed E-state index contributed by atoms with van der Waals surface area (Å²) >= 11 is -7.26. The van der Waals surface area contributed by atoms with Crippen molar-refractivity contribution in [3.63, 3.8) is 0 Å². The van der Waals surface area contributed by atoms with Crippen molar-refractivity contribution in [3.05, 3.63) is 72.9 Å². The second-order valence-corrected chi connectivity index (χ2v) is 29.0. The monoisotopic (exact) mass is 999 g/mol. The van der Waals surface area contributed by atoms with E-state index in [1.165, 1.54) is 0 Å². The van der Waals surface area contributed by atoms with Crippen LogP contribution < -0.4 is 19.8 Å². The van der Waals surface area contributed by atoms with Gasteiger partial charge in [-0.2, -0.15) is 0 Å². The van der Waals surface area contributed by atoms with Gasteiger partial charge in [-0.05, 0) is 0 Å². The Balaban J connectivity index is 0.000000270. The maximum atomic E-state index is 10.2. The Labute approximate surface area is 234 Å². The van der Waals surface area contributed by atoms with Crippen molar-refractivity contribution in [1.82, 2.24) is 19.8 Å². The molecule has 0 atom stereocenters. The summed E-state index contributed by atoms with van der Waals surface area (Å²) in [5.41, 5.74) is 0. The summed E-state index contributed by atoms with van der Waals surface area (Å²) in [6.45, 7) is 0. The second kappa shape index (κ2) is 21.0. The number of allylic oxidation sites excluding steroid dienone is 12. The zero-order valence-electron chi connectivity index (χ0n) is 19.1. The summed E-state index contributed by atoms with van der Waals surface area (Å²) in [7, 11) is 0. The molecular formula is C21H27Hf3N6O6. The Kier molecular flexibility index (Phi) is 18.6. The normalized spacial score (nSPS) is 14.3. The van der Waals surface area contributed by atoms with E-state index < -0.39 is 66.0 Å². The van der Waals surface area contributed by atoms with Crippen LogP contribution in [0, 0.1) is 0 Å². The van der Waals surface area contributed by atoms with Crippen LogP contribution in [0.3, 0.4) is 0 Å². The number of amides is 6. The predicted molar refractivity (Wildman–Crippen MR) is 121 cm³/mol. The minimum atomic E-state index is -2.42. The molecule has 3 aliphatic carbocycles. The number of hydrogen-bond donors (Lipinski definition) is 6. The molecule has 0 aromatic heterocycles. The van der Waals surface area contributed by atoms with Crippen LogP contribution in [0.25, 0.3) is 0 Å². The van der Waals surface area contributed by atoms with E-state index in [-0.39, 0.29) is 11.0 Å². The van der Waals surface area contributed by atoms with E-state index in [2.05, 4.69) is 19.8 Å². The quantitative estimate of drug-likeness (QED) is 0.0957. The molecule has 3 aliphatic rings. The summed E-state index contributed by atoms with van der Waals surface area (Å²) in [6.07, 6.45) is 27.5. The fourth-order valence-corrected chi connectivity index (χ4v) is 17.3. The molecule has 6 amide bonds. The Hall–Kier alpha value is -2.13. The molecule has 3 rings (SSSR count). The first-order valence-electron chi connectivity index (χ1n) is 10.5. The van der Waals surface area contributed by atoms with Crippen LogP contribution in [0.1, 0.15) is 0 Å². The standard InChI is InChI=1S/3C5H5.6CH3NO.3Hf/c3*1-2-4-5-3-1;6*2-1-3;;;/h3*1-5H;6*1H,(H2,2,3);;;/q;;;;;;;;;3*+2/p-6. The van der Waals surface area contributed by atoms with E-state index in [0.717, 1.165) is 0 Å². The zero-order valence-corrected chi connectivity index (χ0v) is 29.9. The van der Waals surface area contributed by atoms with Crippen LogP contribution in [-0.4, -0.2) is 38.5 Å². The summed E-state index contributed by atoms with van der Waals surface area (Å²) in [4.78, 5) is 61.1. The van der Waals surface area contributed by atoms with Crippen LogP contribution in [0.4, 0.5) is 0 Å². The van der Waals surface area contributed by atoms with Crippen LogP contribution in [0.15, 0.2) is 72.9 Å². The molecule has 0 radical (unpaired) electrons. The molecule has 0 aliphatic heterocycles. The molecule has 0 fully saturated rings. The average molecular weight is 995 g/mol. The molecule has 0 spiro atoms. The third kappa shape index (κ3) is 12.7. The Morgan fingerprint density at radius 3 is 0.667 bits per heavy atom. The first-order chi connectivity index (χ1) is 17.6. The molecule has 6 N–H and O–H groups in total. The Bertz CT molecular complexity index is 730. The van der Waals surface area contributed by atoms with Gasteiger partial charge in [-0.1, -0.05) is 0 Å². The Morgan fingerprint density at radius 1 is 0.361 bits per heavy atom. The van der Waals surface area contributed by atoms with E-state index in [1.54, 1.807) is 0 Å². The van der Waals surface area contributed by atoms with Gasteiger partial charge in [-0.25, -0.2) is 0 Å². The van der Waals surface area contributed by atoms with Gasteiger partial charge >= 0.3 is 237 Å². The van der Waals surface area contributed by atoms with Crippen LogP contribution >= 0.6 is 0 Å². The number of rotatable bonds is 15. The van der Waals surface area contributed by atoms with Crippen molar-refractivity contribution in [1.29, 1.82) is 0 Å². The van der Waals surface area contributed by atoms with E-state index in [4.69, 9.17) is 0 Å². The summed E-state index contributed by atoms with van der Waals surface area (Å²) in [6, 6.07) is 0. The Morgan fingerprint density at radius 2 is 0.528 bits per heavy atom. The van der Waals surface area contributed by atoms with E-state index in [9.17, 15) is 28.8 Å². The SMILES string of the molecule is O=C[NH][Hf]([NH]C=O)[CH]1C=CC=C1.O=C[NH][Hf]([NH]C=O)[CH]1C=CC=C1.O=C[NH][Hf]([NH]C=O)[CH]1C=CC=C1. The molecule has 15 heteroatoms. The molecule has 189 valence electrons. The van der Waals surface area contributed by atoms with Gasteiger partial charge < -0.3 is 0 Å². The van der Waals surface area contributed by atoms with E-state index >= 15 is 0 Å². The molecule has 0 aromatic carbocycles. The second-order valence-electron chi connectivity index (χ2n) is 6.70. The van der Waals surface area contributed by atoms with Crippen molar-refractivity contribution in [3.8, 4) is 0 Å². The molecule has 0 heterocycles. The maximum absolute atomic E-state index is 10.2. The van der Waals surface area contributed by atoms with Gasteiger partial charge in [-0.15, -0.1) is 0 Å². The van der Waals surface area contributed by atoms with Crippen molar-refractivity contribution in [2.45, 2.75) is 11.0 Å². The van der Waals surface area contributed by atoms with Crippen molar-refractivity contribution < 1.29 is 94.8 Å². The first kappa shape index (κ1) is 31.9. The van der Waals surface area contributed by atoms with E-state index in [1.807, 2.05) is 72.9 Å². The van der Waals surface area contributed by atoms with Gasteiger partial charge in [0.1, 0.15) is 0 Å².